The molecule has 0 N–H and O–H groups in total. The van der Waals surface area contributed by atoms with Crippen LogP contribution in [0.25, 0.3) is 0 Å². The number of nitrogens with zero attached hydrogens (tertiary/aromatic N) is 1. The fourth-order valence-corrected chi connectivity index (χ4v) is 5.27. The Balaban J connectivity index is 2.21. The minimum absolute atomic E-state index is 0.0648. The van der Waals surface area contributed by atoms with Crippen LogP contribution in [0.2, 0.25) is 0 Å². The van der Waals surface area contributed by atoms with E-state index < -0.39 is 9.84 Å². The van der Waals surface area contributed by atoms with Crippen molar-refractivity contribution >= 4 is 27.1 Å². The van der Waals surface area contributed by atoms with E-state index in [4.69, 9.17) is 4.74 Å². The lowest BCUT2D eigenvalue weighted by Crippen LogP contribution is -2.43. The Kier molecular flexibility index (Phi) is 5.40. The molecule has 21 heavy (non-hydrogen) atoms. The largest absolute Gasteiger partial charge is 0.383 e. The first-order chi connectivity index (χ1) is 9.98. The SMILES string of the molecule is CCc1ccsc1C(=O)N(CCOC)C1CCS(=O)(=O)C1. The van der Waals surface area contributed by atoms with Crippen LogP contribution in [0, 0.1) is 0 Å². The van der Waals surface area contributed by atoms with Gasteiger partial charge in [-0.1, -0.05) is 6.92 Å². The van der Waals surface area contributed by atoms with E-state index in [0.717, 1.165) is 16.9 Å². The summed E-state index contributed by atoms with van der Waals surface area (Å²) in [5, 5.41) is 1.91. The summed E-state index contributed by atoms with van der Waals surface area (Å²) >= 11 is 1.42. The molecule has 1 unspecified atom stereocenters. The molecule has 1 aromatic rings. The summed E-state index contributed by atoms with van der Waals surface area (Å²) in [4.78, 5) is 15.2. The van der Waals surface area contributed by atoms with E-state index in [1.807, 2.05) is 18.4 Å². The van der Waals surface area contributed by atoms with Crippen molar-refractivity contribution in [3.63, 3.8) is 0 Å². The van der Waals surface area contributed by atoms with Crippen molar-refractivity contribution < 1.29 is 17.9 Å². The third-order valence-corrected chi connectivity index (χ3v) is 6.46. The third kappa shape index (κ3) is 3.84. The van der Waals surface area contributed by atoms with Gasteiger partial charge in [0.05, 0.1) is 23.0 Å². The first kappa shape index (κ1) is 16.5. The Labute approximate surface area is 129 Å². The molecule has 2 rings (SSSR count). The van der Waals surface area contributed by atoms with Gasteiger partial charge in [-0.2, -0.15) is 0 Å². The third-order valence-electron chi connectivity index (χ3n) is 3.77. The number of rotatable bonds is 6. The second-order valence-electron chi connectivity index (χ2n) is 5.18. The van der Waals surface area contributed by atoms with Crippen LogP contribution in [0.1, 0.15) is 28.6 Å². The van der Waals surface area contributed by atoms with Crippen LogP contribution in [-0.4, -0.2) is 57.0 Å². The smallest absolute Gasteiger partial charge is 0.264 e. The molecule has 2 heterocycles. The summed E-state index contributed by atoms with van der Waals surface area (Å²) in [6.45, 7) is 2.85. The van der Waals surface area contributed by atoms with Gasteiger partial charge in [0, 0.05) is 19.7 Å². The maximum Gasteiger partial charge on any atom is 0.264 e. The van der Waals surface area contributed by atoms with Crippen LogP contribution >= 0.6 is 11.3 Å². The molecule has 0 saturated carbocycles. The van der Waals surface area contributed by atoms with Crippen LogP contribution in [-0.2, 0) is 21.0 Å². The van der Waals surface area contributed by atoms with Gasteiger partial charge in [-0.05, 0) is 29.9 Å². The number of hydrogen-bond donors (Lipinski definition) is 0. The van der Waals surface area contributed by atoms with Crippen molar-refractivity contribution in [3.05, 3.63) is 21.9 Å². The van der Waals surface area contributed by atoms with Gasteiger partial charge < -0.3 is 9.64 Å². The molecule has 0 bridgehead atoms. The Bertz CT molecular complexity index is 594. The van der Waals surface area contributed by atoms with Gasteiger partial charge in [0.15, 0.2) is 9.84 Å². The first-order valence-electron chi connectivity index (χ1n) is 7.05. The summed E-state index contributed by atoms with van der Waals surface area (Å²) in [6.07, 6.45) is 1.32. The lowest BCUT2D eigenvalue weighted by Gasteiger charge is -2.28. The van der Waals surface area contributed by atoms with E-state index in [2.05, 4.69) is 0 Å². The summed E-state index contributed by atoms with van der Waals surface area (Å²) in [7, 11) is -1.43. The minimum atomic E-state index is -3.01. The van der Waals surface area contributed by atoms with Crippen molar-refractivity contribution in [1.82, 2.24) is 4.90 Å². The second-order valence-corrected chi connectivity index (χ2v) is 8.32. The molecule has 118 valence electrons. The summed E-state index contributed by atoms with van der Waals surface area (Å²) in [6, 6.07) is 1.72. The highest BCUT2D eigenvalue weighted by Crippen LogP contribution is 2.24. The van der Waals surface area contributed by atoms with Gasteiger partial charge in [0.25, 0.3) is 5.91 Å². The molecular formula is C14H21NO4S2. The van der Waals surface area contributed by atoms with Crippen LogP contribution in [0.15, 0.2) is 11.4 Å². The Hall–Kier alpha value is -0.920. The van der Waals surface area contributed by atoms with Crippen molar-refractivity contribution in [2.24, 2.45) is 0 Å². The van der Waals surface area contributed by atoms with E-state index in [1.54, 1.807) is 12.0 Å². The zero-order valence-corrected chi connectivity index (χ0v) is 14.0. The van der Waals surface area contributed by atoms with Crippen molar-refractivity contribution in [1.29, 1.82) is 0 Å². The van der Waals surface area contributed by atoms with Gasteiger partial charge in [-0.25, -0.2) is 8.42 Å². The van der Waals surface area contributed by atoms with E-state index in [-0.39, 0.29) is 23.5 Å². The maximum atomic E-state index is 12.8. The quantitative estimate of drug-likeness (QED) is 0.794. The lowest BCUT2D eigenvalue weighted by atomic mass is 10.1. The van der Waals surface area contributed by atoms with E-state index in [9.17, 15) is 13.2 Å². The summed E-state index contributed by atoms with van der Waals surface area (Å²) in [5.41, 5.74) is 1.02. The number of thiophene rings is 1. The van der Waals surface area contributed by atoms with Gasteiger partial charge in [0.2, 0.25) is 0 Å². The molecule has 1 aliphatic heterocycles. The predicted octanol–water partition coefficient (Wildman–Crippen LogP) is 1.59. The molecule has 0 spiro atoms. The normalized spacial score (nSPS) is 20.6. The molecule has 1 fully saturated rings. The molecule has 1 amide bonds. The average molecular weight is 331 g/mol. The van der Waals surface area contributed by atoms with Gasteiger partial charge in [-0.3, -0.25) is 4.79 Å². The summed E-state index contributed by atoms with van der Waals surface area (Å²) < 4.78 is 28.4. The number of methoxy groups -OCH3 is 1. The molecule has 1 saturated heterocycles. The van der Waals surface area contributed by atoms with Crippen molar-refractivity contribution in [2.75, 3.05) is 31.8 Å². The highest BCUT2D eigenvalue weighted by atomic mass is 32.2. The number of carbonyl (C=O) groups excluding carboxylic acids is 1. The summed E-state index contributed by atoms with van der Waals surface area (Å²) in [5.74, 6) is 0.162. The highest BCUT2D eigenvalue weighted by molar-refractivity contribution is 7.91. The average Bonchev–Trinajstić information content (AvgIpc) is 3.05. The first-order valence-corrected chi connectivity index (χ1v) is 9.75. The van der Waals surface area contributed by atoms with E-state index in [1.165, 1.54) is 11.3 Å². The van der Waals surface area contributed by atoms with Crippen LogP contribution < -0.4 is 0 Å². The lowest BCUT2D eigenvalue weighted by molar-refractivity contribution is 0.0628. The molecule has 0 radical (unpaired) electrons. The zero-order valence-electron chi connectivity index (χ0n) is 12.4. The fourth-order valence-electron chi connectivity index (χ4n) is 2.59. The van der Waals surface area contributed by atoms with Crippen LogP contribution in [0.3, 0.4) is 0 Å². The van der Waals surface area contributed by atoms with Gasteiger partial charge >= 0.3 is 0 Å². The number of hydrogen-bond acceptors (Lipinski definition) is 5. The molecule has 1 atom stereocenters. The zero-order chi connectivity index (χ0) is 15.5. The Morgan fingerprint density at radius 2 is 2.29 bits per heavy atom. The maximum absolute atomic E-state index is 12.8. The molecule has 1 aliphatic rings. The molecule has 1 aromatic heterocycles. The van der Waals surface area contributed by atoms with Gasteiger partial charge in [-0.15, -0.1) is 11.3 Å². The number of sulfone groups is 1. The predicted molar refractivity (Wildman–Crippen MR) is 83.7 cm³/mol. The Morgan fingerprint density at radius 1 is 1.52 bits per heavy atom. The monoisotopic (exact) mass is 331 g/mol. The molecular weight excluding hydrogens is 310 g/mol. The van der Waals surface area contributed by atoms with E-state index >= 15 is 0 Å². The van der Waals surface area contributed by atoms with Gasteiger partial charge in [0.1, 0.15) is 0 Å². The van der Waals surface area contributed by atoms with E-state index in [0.29, 0.717) is 19.6 Å². The molecule has 0 aromatic carbocycles. The standard InChI is InChI=1S/C14H21NO4S2/c1-3-11-4-8-20-13(11)14(16)15(6-7-19-2)12-5-9-21(17,18)10-12/h4,8,12H,3,5-7,9-10H2,1-2H3. The topological polar surface area (TPSA) is 63.7 Å². The molecule has 5 nitrogen and oxygen atoms in total. The minimum Gasteiger partial charge on any atom is -0.383 e. The second kappa shape index (κ2) is 6.89. The number of aryl methyl sites for hydroxylation is 1. The molecule has 0 aliphatic carbocycles. The van der Waals surface area contributed by atoms with Crippen molar-refractivity contribution in [3.8, 4) is 0 Å². The number of amides is 1. The molecule has 7 heteroatoms. The fraction of sp³-hybridized carbons (Fsp3) is 0.643. The highest BCUT2D eigenvalue weighted by Gasteiger charge is 2.35. The van der Waals surface area contributed by atoms with Crippen LogP contribution in [0.4, 0.5) is 0 Å². The van der Waals surface area contributed by atoms with Crippen molar-refractivity contribution in [2.45, 2.75) is 25.8 Å². The van der Waals surface area contributed by atoms with Crippen LogP contribution in [0.5, 0.6) is 0 Å². The number of ether oxygens (including phenoxy) is 1. The number of carbonyl (C=O) groups is 1. The Morgan fingerprint density at radius 3 is 2.86 bits per heavy atom.